The summed E-state index contributed by atoms with van der Waals surface area (Å²) in [5.41, 5.74) is 3.62. The highest BCUT2D eigenvalue weighted by molar-refractivity contribution is 7.98. The van der Waals surface area contributed by atoms with Gasteiger partial charge in [-0.25, -0.2) is 9.37 Å². The van der Waals surface area contributed by atoms with Gasteiger partial charge in [0, 0.05) is 11.4 Å². The fraction of sp³-hybridized carbons (Fsp3) is 0.136. The third-order valence-corrected chi connectivity index (χ3v) is 5.24. The molecule has 3 nitrogen and oxygen atoms in total. The lowest BCUT2D eigenvalue weighted by Crippen LogP contribution is -1.98. The molecule has 1 heterocycles. The number of thioether (sulfide) groups is 1. The fourth-order valence-electron chi connectivity index (χ4n) is 2.97. The van der Waals surface area contributed by atoms with Crippen molar-refractivity contribution < 1.29 is 9.13 Å². The van der Waals surface area contributed by atoms with Gasteiger partial charge in [0.05, 0.1) is 17.6 Å². The zero-order valence-corrected chi connectivity index (χ0v) is 15.7. The summed E-state index contributed by atoms with van der Waals surface area (Å²) in [4.78, 5) is 4.76. The van der Waals surface area contributed by atoms with E-state index < -0.39 is 0 Å². The second kappa shape index (κ2) is 7.84. The quantitative estimate of drug-likeness (QED) is 0.394. The molecule has 0 spiro atoms. The smallest absolute Gasteiger partial charge is 0.174 e. The van der Waals surface area contributed by atoms with E-state index in [1.54, 1.807) is 6.07 Å². The molecule has 4 aromatic rings. The van der Waals surface area contributed by atoms with Gasteiger partial charge in [0.15, 0.2) is 5.16 Å². The number of halogens is 1. The van der Waals surface area contributed by atoms with Gasteiger partial charge in [-0.2, -0.15) is 0 Å². The van der Waals surface area contributed by atoms with Crippen LogP contribution in [0.5, 0.6) is 5.75 Å². The molecule has 4 rings (SSSR count). The number of hydrogen-bond acceptors (Lipinski definition) is 3. The number of nitrogens with zero attached hydrogens (tertiary/aromatic N) is 2. The van der Waals surface area contributed by atoms with Crippen LogP contribution in [-0.2, 0) is 5.75 Å². The normalized spacial score (nSPS) is 11.0. The third-order valence-electron chi connectivity index (χ3n) is 4.25. The van der Waals surface area contributed by atoms with Crippen LogP contribution in [0, 0.1) is 5.82 Å². The Hall–Kier alpha value is -2.79. The molecule has 0 aliphatic carbocycles. The average molecular weight is 378 g/mol. The molecule has 0 bridgehead atoms. The number of aromatic nitrogens is 2. The molecular formula is C22H19FN2OS. The van der Waals surface area contributed by atoms with E-state index >= 15 is 0 Å². The van der Waals surface area contributed by atoms with Crippen molar-refractivity contribution in [3.63, 3.8) is 0 Å². The van der Waals surface area contributed by atoms with E-state index in [2.05, 4.69) is 4.57 Å². The highest BCUT2D eigenvalue weighted by atomic mass is 32.2. The molecule has 0 amide bonds. The number of imidazole rings is 1. The molecule has 0 N–H and O–H groups in total. The number of ether oxygens (including phenoxy) is 1. The molecule has 27 heavy (non-hydrogen) atoms. The predicted octanol–water partition coefficient (Wildman–Crippen LogP) is 5.86. The van der Waals surface area contributed by atoms with E-state index in [1.807, 2.05) is 67.6 Å². The number of benzene rings is 3. The van der Waals surface area contributed by atoms with Gasteiger partial charge < -0.3 is 4.74 Å². The van der Waals surface area contributed by atoms with Gasteiger partial charge in [-0.15, -0.1) is 0 Å². The van der Waals surface area contributed by atoms with Crippen LogP contribution in [0.25, 0.3) is 16.7 Å². The van der Waals surface area contributed by atoms with Gasteiger partial charge in [0.1, 0.15) is 11.6 Å². The standard InChI is InChI=1S/C22H19FN2OS/c1-2-26-18-13-11-17(12-14-18)25-21-10-6-5-9-20(21)24-22(25)27-15-16-7-3-4-8-19(16)23/h3-14H,2,15H2,1H3. The molecule has 0 radical (unpaired) electrons. The molecule has 0 aliphatic heterocycles. The average Bonchev–Trinajstić information content (AvgIpc) is 3.07. The van der Waals surface area contributed by atoms with Crippen molar-refractivity contribution in [3.8, 4) is 11.4 Å². The number of hydrogen-bond donors (Lipinski definition) is 0. The lowest BCUT2D eigenvalue weighted by Gasteiger charge is -2.10. The van der Waals surface area contributed by atoms with Crippen molar-refractivity contribution in [3.05, 3.63) is 84.2 Å². The second-order valence-corrected chi connectivity index (χ2v) is 6.97. The molecular weight excluding hydrogens is 359 g/mol. The van der Waals surface area contributed by atoms with E-state index in [4.69, 9.17) is 9.72 Å². The molecule has 0 atom stereocenters. The predicted molar refractivity (Wildman–Crippen MR) is 108 cm³/mol. The molecule has 1 aromatic heterocycles. The summed E-state index contributed by atoms with van der Waals surface area (Å²) in [6.45, 7) is 2.60. The fourth-order valence-corrected chi connectivity index (χ4v) is 3.98. The molecule has 0 unspecified atom stereocenters. The van der Waals surface area contributed by atoms with Crippen LogP contribution in [-0.4, -0.2) is 16.2 Å². The summed E-state index contributed by atoms with van der Waals surface area (Å²) >= 11 is 1.53. The minimum absolute atomic E-state index is 0.186. The minimum Gasteiger partial charge on any atom is -0.494 e. The first-order chi connectivity index (χ1) is 13.3. The van der Waals surface area contributed by atoms with E-state index in [-0.39, 0.29) is 5.82 Å². The van der Waals surface area contributed by atoms with Gasteiger partial charge in [0.2, 0.25) is 0 Å². The Labute approximate surface area is 161 Å². The van der Waals surface area contributed by atoms with Crippen LogP contribution in [0.15, 0.2) is 78.0 Å². The van der Waals surface area contributed by atoms with Gasteiger partial charge in [0.25, 0.3) is 0 Å². The highest BCUT2D eigenvalue weighted by Gasteiger charge is 2.14. The summed E-state index contributed by atoms with van der Waals surface area (Å²) in [6, 6.07) is 22.8. The summed E-state index contributed by atoms with van der Waals surface area (Å²) < 4.78 is 21.6. The lowest BCUT2D eigenvalue weighted by atomic mass is 10.2. The molecule has 3 aromatic carbocycles. The highest BCUT2D eigenvalue weighted by Crippen LogP contribution is 2.31. The van der Waals surface area contributed by atoms with Crippen LogP contribution in [0.4, 0.5) is 4.39 Å². The number of para-hydroxylation sites is 2. The Balaban J connectivity index is 1.72. The zero-order valence-electron chi connectivity index (χ0n) is 14.9. The van der Waals surface area contributed by atoms with Crippen LogP contribution < -0.4 is 4.74 Å². The van der Waals surface area contributed by atoms with Crippen LogP contribution in [0.2, 0.25) is 0 Å². The van der Waals surface area contributed by atoms with Crippen LogP contribution >= 0.6 is 11.8 Å². The maximum absolute atomic E-state index is 14.0. The maximum atomic E-state index is 14.0. The first-order valence-electron chi connectivity index (χ1n) is 8.83. The maximum Gasteiger partial charge on any atom is 0.174 e. The van der Waals surface area contributed by atoms with Crippen molar-refractivity contribution in [2.45, 2.75) is 17.8 Å². The third kappa shape index (κ3) is 3.69. The van der Waals surface area contributed by atoms with Gasteiger partial charge in [-0.05, 0) is 55.0 Å². The zero-order chi connectivity index (χ0) is 18.6. The van der Waals surface area contributed by atoms with Crippen molar-refractivity contribution in [2.75, 3.05) is 6.61 Å². The van der Waals surface area contributed by atoms with Crippen molar-refractivity contribution in [1.29, 1.82) is 0 Å². The van der Waals surface area contributed by atoms with E-state index in [0.29, 0.717) is 17.9 Å². The second-order valence-electron chi connectivity index (χ2n) is 6.03. The van der Waals surface area contributed by atoms with E-state index in [0.717, 1.165) is 27.6 Å². The van der Waals surface area contributed by atoms with Crippen molar-refractivity contribution in [1.82, 2.24) is 9.55 Å². The monoisotopic (exact) mass is 378 g/mol. The summed E-state index contributed by atoms with van der Waals surface area (Å²) in [6.07, 6.45) is 0. The first-order valence-corrected chi connectivity index (χ1v) is 9.81. The molecule has 0 fully saturated rings. The van der Waals surface area contributed by atoms with E-state index in [1.165, 1.54) is 17.8 Å². The van der Waals surface area contributed by atoms with Crippen LogP contribution in [0.1, 0.15) is 12.5 Å². The molecule has 5 heteroatoms. The molecule has 0 saturated heterocycles. The molecule has 0 aliphatic rings. The number of rotatable bonds is 6. The van der Waals surface area contributed by atoms with Crippen molar-refractivity contribution in [2.24, 2.45) is 0 Å². The largest absolute Gasteiger partial charge is 0.494 e. The molecule has 0 saturated carbocycles. The van der Waals surface area contributed by atoms with E-state index in [9.17, 15) is 4.39 Å². The summed E-state index contributed by atoms with van der Waals surface area (Å²) in [5, 5.41) is 0.837. The molecule has 136 valence electrons. The summed E-state index contributed by atoms with van der Waals surface area (Å²) in [5.74, 6) is 1.17. The first kappa shape index (κ1) is 17.6. The number of fused-ring (bicyclic) bond motifs is 1. The SMILES string of the molecule is CCOc1ccc(-n2c(SCc3ccccc3F)nc3ccccc32)cc1. The Morgan fingerprint density at radius 1 is 0.963 bits per heavy atom. The lowest BCUT2D eigenvalue weighted by molar-refractivity contribution is 0.340. The summed E-state index contributed by atoms with van der Waals surface area (Å²) in [7, 11) is 0. The minimum atomic E-state index is -0.186. The van der Waals surface area contributed by atoms with Crippen LogP contribution in [0.3, 0.4) is 0 Å². The van der Waals surface area contributed by atoms with Gasteiger partial charge in [-0.3, -0.25) is 4.57 Å². The Morgan fingerprint density at radius 3 is 2.48 bits per heavy atom. The van der Waals surface area contributed by atoms with Gasteiger partial charge in [-0.1, -0.05) is 42.1 Å². The topological polar surface area (TPSA) is 27.1 Å². The van der Waals surface area contributed by atoms with Gasteiger partial charge >= 0.3 is 0 Å². The Kier molecular flexibility index (Phi) is 5.12. The van der Waals surface area contributed by atoms with Crippen molar-refractivity contribution >= 4 is 22.8 Å². The Morgan fingerprint density at radius 2 is 1.70 bits per heavy atom. The Bertz CT molecular complexity index is 1060.